The summed E-state index contributed by atoms with van der Waals surface area (Å²) in [4.78, 5) is 27.4. The number of ether oxygens (including phenoxy) is 1. The Bertz CT molecular complexity index is 746. The lowest BCUT2D eigenvalue weighted by Gasteiger charge is -2.17. The molecule has 2 atom stereocenters. The molecular formula is C18H22N4O3. The highest BCUT2D eigenvalue weighted by molar-refractivity contribution is 5.94. The van der Waals surface area contributed by atoms with Crippen LogP contribution in [0.4, 0.5) is 5.69 Å². The number of carbonyl (C=O) groups is 2. The minimum atomic E-state index is -0.572. The van der Waals surface area contributed by atoms with Crippen molar-refractivity contribution in [2.75, 3.05) is 5.32 Å². The van der Waals surface area contributed by atoms with Gasteiger partial charge in [0.25, 0.3) is 0 Å². The van der Waals surface area contributed by atoms with E-state index in [0.717, 1.165) is 6.42 Å². The van der Waals surface area contributed by atoms with Gasteiger partial charge in [-0.2, -0.15) is 0 Å². The standard InChI is InChI=1S/C18H22N4O3/c1-3-11(2)16(19)18(24)22-13-7-8-15(21-10-13)25-14-6-4-5-12(9-14)17(20)23/h4-11,16H,3,19H2,1-2H3,(H2,20,23)(H,22,24). The number of nitrogens with zero attached hydrogens (tertiary/aromatic N) is 1. The summed E-state index contributed by atoms with van der Waals surface area (Å²) in [5.74, 6) is 0.0754. The van der Waals surface area contributed by atoms with Gasteiger partial charge in [0.15, 0.2) is 0 Å². The van der Waals surface area contributed by atoms with Crippen molar-refractivity contribution in [2.45, 2.75) is 26.3 Å². The van der Waals surface area contributed by atoms with Crippen LogP contribution in [-0.4, -0.2) is 22.8 Å². The summed E-state index contributed by atoms with van der Waals surface area (Å²) in [7, 11) is 0. The third kappa shape index (κ3) is 5.02. The zero-order valence-electron chi connectivity index (χ0n) is 14.2. The van der Waals surface area contributed by atoms with Gasteiger partial charge in [-0.1, -0.05) is 26.3 Å². The molecule has 2 amide bonds. The lowest BCUT2D eigenvalue weighted by molar-refractivity contribution is -0.118. The minimum Gasteiger partial charge on any atom is -0.439 e. The number of nitrogens with one attached hydrogen (secondary N) is 1. The highest BCUT2D eigenvalue weighted by atomic mass is 16.5. The number of benzene rings is 1. The zero-order chi connectivity index (χ0) is 18.4. The zero-order valence-corrected chi connectivity index (χ0v) is 14.2. The van der Waals surface area contributed by atoms with Crippen LogP contribution < -0.4 is 21.5 Å². The fraction of sp³-hybridized carbons (Fsp3) is 0.278. The van der Waals surface area contributed by atoms with Crippen LogP contribution >= 0.6 is 0 Å². The Hall–Kier alpha value is -2.93. The van der Waals surface area contributed by atoms with Gasteiger partial charge in [0.2, 0.25) is 17.7 Å². The molecule has 0 aliphatic heterocycles. The molecule has 7 nitrogen and oxygen atoms in total. The molecule has 0 aliphatic rings. The quantitative estimate of drug-likeness (QED) is 0.713. The number of hydrogen-bond acceptors (Lipinski definition) is 5. The maximum Gasteiger partial charge on any atom is 0.248 e. The lowest BCUT2D eigenvalue weighted by Crippen LogP contribution is -2.40. The molecule has 5 N–H and O–H groups in total. The molecule has 1 aromatic heterocycles. The Kier molecular flexibility index (Phi) is 6.08. The van der Waals surface area contributed by atoms with E-state index >= 15 is 0 Å². The summed E-state index contributed by atoms with van der Waals surface area (Å²) in [5.41, 5.74) is 12.0. The molecule has 0 bridgehead atoms. The Balaban J connectivity index is 2.01. The van der Waals surface area contributed by atoms with Gasteiger partial charge in [0.05, 0.1) is 17.9 Å². The van der Waals surface area contributed by atoms with E-state index in [9.17, 15) is 9.59 Å². The predicted octanol–water partition coefficient (Wildman–Crippen LogP) is 2.28. The molecule has 2 unspecified atom stereocenters. The van der Waals surface area contributed by atoms with E-state index in [2.05, 4.69) is 10.3 Å². The third-order valence-corrected chi connectivity index (χ3v) is 3.90. The number of hydrogen-bond donors (Lipinski definition) is 3. The first-order valence-corrected chi connectivity index (χ1v) is 8.01. The van der Waals surface area contributed by atoms with E-state index in [-0.39, 0.29) is 11.8 Å². The lowest BCUT2D eigenvalue weighted by atomic mass is 9.99. The first-order chi connectivity index (χ1) is 11.9. The molecule has 1 heterocycles. The normalized spacial score (nSPS) is 12.9. The monoisotopic (exact) mass is 342 g/mol. The molecule has 0 saturated heterocycles. The van der Waals surface area contributed by atoms with E-state index in [1.54, 1.807) is 30.3 Å². The second-order valence-electron chi connectivity index (χ2n) is 5.78. The molecule has 2 aromatic rings. The molecule has 0 radical (unpaired) electrons. The van der Waals surface area contributed by atoms with E-state index < -0.39 is 11.9 Å². The average molecular weight is 342 g/mol. The van der Waals surface area contributed by atoms with Crippen LogP contribution in [0, 0.1) is 5.92 Å². The van der Waals surface area contributed by atoms with E-state index in [0.29, 0.717) is 22.9 Å². The topological polar surface area (TPSA) is 120 Å². The number of primary amides is 1. The Morgan fingerprint density at radius 3 is 2.64 bits per heavy atom. The second kappa shape index (κ2) is 8.25. The van der Waals surface area contributed by atoms with Crippen molar-refractivity contribution in [3.63, 3.8) is 0 Å². The van der Waals surface area contributed by atoms with Crippen molar-refractivity contribution in [1.29, 1.82) is 0 Å². The van der Waals surface area contributed by atoms with Gasteiger partial charge in [-0.05, 0) is 30.2 Å². The molecule has 0 spiro atoms. The van der Waals surface area contributed by atoms with Crippen LogP contribution in [0.1, 0.15) is 30.6 Å². The number of carbonyl (C=O) groups excluding carboxylic acids is 2. The Labute approximate surface area is 146 Å². The number of amides is 2. The van der Waals surface area contributed by atoms with E-state index in [1.165, 1.54) is 12.3 Å². The molecular weight excluding hydrogens is 320 g/mol. The van der Waals surface area contributed by atoms with Crippen LogP contribution in [0.25, 0.3) is 0 Å². The molecule has 7 heteroatoms. The molecule has 25 heavy (non-hydrogen) atoms. The third-order valence-electron chi connectivity index (χ3n) is 3.90. The number of anilines is 1. The Morgan fingerprint density at radius 1 is 1.28 bits per heavy atom. The largest absolute Gasteiger partial charge is 0.439 e. The van der Waals surface area contributed by atoms with Crippen molar-refractivity contribution >= 4 is 17.5 Å². The summed E-state index contributed by atoms with van der Waals surface area (Å²) in [6, 6.07) is 9.20. The molecule has 132 valence electrons. The highest BCUT2D eigenvalue weighted by Gasteiger charge is 2.19. The van der Waals surface area contributed by atoms with Crippen molar-refractivity contribution in [2.24, 2.45) is 17.4 Å². The van der Waals surface area contributed by atoms with Crippen LogP contribution in [0.5, 0.6) is 11.6 Å². The fourth-order valence-corrected chi connectivity index (χ4v) is 2.09. The number of aromatic nitrogens is 1. The first kappa shape index (κ1) is 18.4. The number of rotatable bonds is 7. The summed E-state index contributed by atoms with van der Waals surface area (Å²) in [6.07, 6.45) is 2.30. The minimum absolute atomic E-state index is 0.0908. The summed E-state index contributed by atoms with van der Waals surface area (Å²) < 4.78 is 5.58. The number of nitrogens with two attached hydrogens (primary N) is 2. The molecule has 0 saturated carbocycles. The van der Waals surface area contributed by atoms with E-state index in [4.69, 9.17) is 16.2 Å². The molecule has 2 rings (SSSR count). The smallest absolute Gasteiger partial charge is 0.248 e. The fourth-order valence-electron chi connectivity index (χ4n) is 2.09. The SMILES string of the molecule is CCC(C)C(N)C(=O)Nc1ccc(Oc2cccc(C(N)=O)c2)nc1. The Morgan fingerprint density at radius 2 is 2.04 bits per heavy atom. The maximum absolute atomic E-state index is 12.1. The first-order valence-electron chi connectivity index (χ1n) is 8.01. The molecule has 0 fully saturated rings. The van der Waals surface area contributed by atoms with Crippen molar-refractivity contribution < 1.29 is 14.3 Å². The number of pyridine rings is 1. The van der Waals surface area contributed by atoms with Gasteiger partial charge in [0.1, 0.15) is 5.75 Å². The predicted molar refractivity (Wildman–Crippen MR) is 95.3 cm³/mol. The van der Waals surface area contributed by atoms with Crippen molar-refractivity contribution in [1.82, 2.24) is 4.98 Å². The van der Waals surface area contributed by atoms with Gasteiger partial charge in [-0.3, -0.25) is 9.59 Å². The van der Waals surface area contributed by atoms with E-state index in [1.807, 2.05) is 13.8 Å². The highest BCUT2D eigenvalue weighted by Crippen LogP contribution is 2.21. The second-order valence-corrected chi connectivity index (χ2v) is 5.78. The van der Waals surface area contributed by atoms with Gasteiger partial charge in [-0.15, -0.1) is 0 Å². The van der Waals surface area contributed by atoms with Crippen LogP contribution in [0.2, 0.25) is 0 Å². The van der Waals surface area contributed by atoms with Crippen molar-refractivity contribution in [3.8, 4) is 11.6 Å². The average Bonchev–Trinajstić information content (AvgIpc) is 2.62. The molecule has 1 aromatic carbocycles. The van der Waals surface area contributed by atoms with Crippen molar-refractivity contribution in [3.05, 3.63) is 48.2 Å². The van der Waals surface area contributed by atoms with Gasteiger partial charge < -0.3 is 21.5 Å². The van der Waals surface area contributed by atoms with Crippen LogP contribution in [-0.2, 0) is 4.79 Å². The van der Waals surface area contributed by atoms with Gasteiger partial charge >= 0.3 is 0 Å². The maximum atomic E-state index is 12.1. The molecule has 0 aliphatic carbocycles. The van der Waals surface area contributed by atoms with Gasteiger partial charge in [-0.25, -0.2) is 4.98 Å². The summed E-state index contributed by atoms with van der Waals surface area (Å²) >= 11 is 0. The van der Waals surface area contributed by atoms with Gasteiger partial charge in [0, 0.05) is 11.6 Å². The van der Waals surface area contributed by atoms with Crippen LogP contribution in [0.15, 0.2) is 42.6 Å². The summed E-state index contributed by atoms with van der Waals surface area (Å²) in [6.45, 7) is 3.92. The summed E-state index contributed by atoms with van der Waals surface area (Å²) in [5, 5.41) is 2.73. The van der Waals surface area contributed by atoms with Crippen LogP contribution in [0.3, 0.4) is 0 Å².